The van der Waals surface area contributed by atoms with Crippen molar-refractivity contribution in [3.8, 4) is 34.2 Å². The van der Waals surface area contributed by atoms with Crippen LogP contribution in [0.5, 0.6) is 17.2 Å². The van der Waals surface area contributed by atoms with Crippen molar-refractivity contribution in [2.75, 3.05) is 19.8 Å². The SMILES string of the molecule is CCOc1cc(C(=O)NN=C(C)c2c(-c3ccccc3)[nH]n(-c3ccc([N+](=O)[O-])cc3)c2=O)cc(OCC)c1OCC. The first-order chi connectivity index (χ1) is 20.3. The fourth-order valence-corrected chi connectivity index (χ4v) is 4.27. The summed E-state index contributed by atoms with van der Waals surface area (Å²) in [5, 5.41) is 18.4. The number of H-pyrrole nitrogens is 1. The third-order valence-corrected chi connectivity index (χ3v) is 6.13. The van der Waals surface area contributed by atoms with Gasteiger partial charge in [-0.15, -0.1) is 0 Å². The number of ether oxygens (including phenoxy) is 3. The lowest BCUT2D eigenvalue weighted by molar-refractivity contribution is -0.384. The number of nitro groups is 1. The lowest BCUT2D eigenvalue weighted by Gasteiger charge is -2.16. The van der Waals surface area contributed by atoms with Crippen LogP contribution >= 0.6 is 0 Å². The standard InChI is InChI=1S/C30H31N5O7/c1-5-40-24-17-21(18-25(41-6-2)28(24)42-7-3)29(36)32-31-19(4)26-27(20-11-9-8-10-12-20)33-34(30(26)37)22-13-15-23(16-14-22)35(38)39/h8-18,33H,5-7H2,1-4H3,(H,32,36). The quantitative estimate of drug-likeness (QED) is 0.136. The summed E-state index contributed by atoms with van der Waals surface area (Å²) in [6.45, 7) is 8.17. The largest absolute Gasteiger partial charge is 0.490 e. The summed E-state index contributed by atoms with van der Waals surface area (Å²) in [6.07, 6.45) is 0. The van der Waals surface area contributed by atoms with Crippen LogP contribution in [0.25, 0.3) is 16.9 Å². The molecule has 0 aliphatic rings. The molecular formula is C30H31N5O7. The number of nitrogens with zero attached hydrogens (tertiary/aromatic N) is 3. The van der Waals surface area contributed by atoms with Crippen molar-refractivity contribution in [3.63, 3.8) is 0 Å². The Bertz CT molecular complexity index is 1630. The number of nitro benzene ring substituents is 1. The Morgan fingerprint density at radius 3 is 2.10 bits per heavy atom. The molecule has 4 aromatic rings. The number of aromatic nitrogens is 2. The lowest BCUT2D eigenvalue weighted by Crippen LogP contribution is -2.23. The number of hydrogen-bond acceptors (Lipinski definition) is 8. The highest BCUT2D eigenvalue weighted by Gasteiger charge is 2.21. The summed E-state index contributed by atoms with van der Waals surface area (Å²) in [5.41, 5.74) is 4.23. The van der Waals surface area contributed by atoms with Crippen LogP contribution in [0.1, 0.15) is 43.6 Å². The van der Waals surface area contributed by atoms with E-state index >= 15 is 0 Å². The third-order valence-electron chi connectivity index (χ3n) is 6.13. The number of benzene rings is 3. The Labute approximate surface area is 241 Å². The van der Waals surface area contributed by atoms with E-state index in [0.29, 0.717) is 54.0 Å². The topological polar surface area (TPSA) is 150 Å². The van der Waals surface area contributed by atoms with Crippen LogP contribution in [0.2, 0.25) is 0 Å². The number of carbonyl (C=O) groups is 1. The number of non-ortho nitro benzene ring substituents is 1. The number of hydrogen-bond donors (Lipinski definition) is 2. The Morgan fingerprint density at radius 2 is 1.55 bits per heavy atom. The van der Waals surface area contributed by atoms with E-state index in [1.54, 1.807) is 19.1 Å². The molecule has 0 bridgehead atoms. The molecule has 1 heterocycles. The summed E-state index contributed by atoms with van der Waals surface area (Å²) in [6, 6.07) is 17.8. The van der Waals surface area contributed by atoms with Gasteiger partial charge in [0.05, 0.1) is 47.4 Å². The van der Waals surface area contributed by atoms with Gasteiger partial charge in [0, 0.05) is 23.3 Å². The average Bonchev–Trinajstić information content (AvgIpc) is 3.34. The van der Waals surface area contributed by atoms with Gasteiger partial charge in [-0.25, -0.2) is 10.1 Å². The Morgan fingerprint density at radius 1 is 0.952 bits per heavy atom. The molecule has 12 heteroatoms. The summed E-state index contributed by atoms with van der Waals surface area (Å²) in [4.78, 5) is 37.4. The maximum atomic E-state index is 13.6. The van der Waals surface area contributed by atoms with Gasteiger partial charge in [-0.3, -0.25) is 24.8 Å². The Kier molecular flexibility index (Phi) is 9.38. The molecule has 0 aliphatic carbocycles. The highest BCUT2D eigenvalue weighted by molar-refractivity contribution is 6.04. The highest BCUT2D eigenvalue weighted by atomic mass is 16.6. The maximum Gasteiger partial charge on any atom is 0.281 e. The molecule has 42 heavy (non-hydrogen) atoms. The van der Waals surface area contributed by atoms with Crippen LogP contribution in [0.15, 0.2) is 76.6 Å². The van der Waals surface area contributed by atoms with Gasteiger partial charge >= 0.3 is 0 Å². The van der Waals surface area contributed by atoms with Crippen molar-refractivity contribution in [2.24, 2.45) is 5.10 Å². The first-order valence-electron chi connectivity index (χ1n) is 13.4. The predicted molar refractivity (Wildman–Crippen MR) is 158 cm³/mol. The van der Waals surface area contributed by atoms with Crippen LogP contribution < -0.4 is 25.2 Å². The van der Waals surface area contributed by atoms with Gasteiger partial charge in [0.15, 0.2) is 11.5 Å². The average molecular weight is 574 g/mol. The maximum absolute atomic E-state index is 13.6. The minimum absolute atomic E-state index is 0.100. The van der Waals surface area contributed by atoms with Crippen LogP contribution in [-0.4, -0.2) is 46.1 Å². The molecule has 0 fully saturated rings. The summed E-state index contributed by atoms with van der Waals surface area (Å²) in [5.74, 6) is 0.578. The van der Waals surface area contributed by atoms with E-state index in [9.17, 15) is 19.7 Å². The fourth-order valence-electron chi connectivity index (χ4n) is 4.27. The second kappa shape index (κ2) is 13.3. The number of hydrazone groups is 1. The van der Waals surface area contributed by atoms with E-state index < -0.39 is 16.4 Å². The smallest absolute Gasteiger partial charge is 0.281 e. The van der Waals surface area contributed by atoms with Crippen molar-refractivity contribution < 1.29 is 23.9 Å². The first-order valence-corrected chi connectivity index (χ1v) is 13.4. The minimum atomic E-state index is -0.549. The molecule has 4 rings (SSSR count). The van der Waals surface area contributed by atoms with Crippen LogP contribution in [-0.2, 0) is 0 Å². The minimum Gasteiger partial charge on any atom is -0.490 e. The third kappa shape index (κ3) is 6.33. The van der Waals surface area contributed by atoms with Gasteiger partial charge in [-0.05, 0) is 52.0 Å². The molecule has 1 amide bonds. The van der Waals surface area contributed by atoms with E-state index in [4.69, 9.17) is 14.2 Å². The predicted octanol–water partition coefficient (Wildman–Crippen LogP) is 5.09. The van der Waals surface area contributed by atoms with E-state index in [1.165, 1.54) is 28.9 Å². The van der Waals surface area contributed by atoms with Gasteiger partial charge in [0.2, 0.25) is 5.75 Å². The van der Waals surface area contributed by atoms with Crippen molar-refractivity contribution >= 4 is 17.3 Å². The molecule has 0 saturated carbocycles. The second-order valence-corrected chi connectivity index (χ2v) is 8.88. The molecule has 0 unspecified atom stereocenters. The van der Waals surface area contributed by atoms with Gasteiger partial charge in [0.25, 0.3) is 17.2 Å². The molecule has 0 saturated heterocycles. The molecule has 2 N–H and O–H groups in total. The van der Waals surface area contributed by atoms with Crippen molar-refractivity contribution in [2.45, 2.75) is 27.7 Å². The summed E-state index contributed by atoms with van der Waals surface area (Å²) >= 11 is 0. The molecule has 0 radical (unpaired) electrons. The zero-order valence-electron chi connectivity index (χ0n) is 23.7. The van der Waals surface area contributed by atoms with Crippen molar-refractivity contribution in [1.29, 1.82) is 0 Å². The Balaban J connectivity index is 1.72. The number of nitrogens with one attached hydrogen (secondary N) is 2. The monoisotopic (exact) mass is 573 g/mol. The first kappa shape index (κ1) is 29.6. The molecule has 0 spiro atoms. The Hall–Kier alpha value is -5.39. The summed E-state index contributed by atoms with van der Waals surface area (Å²) in [7, 11) is 0. The van der Waals surface area contributed by atoms with E-state index in [2.05, 4.69) is 15.6 Å². The number of rotatable bonds is 12. The molecule has 12 nitrogen and oxygen atoms in total. The molecule has 0 atom stereocenters. The normalized spacial score (nSPS) is 11.2. The fraction of sp³-hybridized carbons (Fsp3) is 0.233. The molecular weight excluding hydrogens is 542 g/mol. The van der Waals surface area contributed by atoms with Gasteiger partial charge in [-0.2, -0.15) is 5.10 Å². The number of aromatic amines is 1. The zero-order valence-corrected chi connectivity index (χ0v) is 23.7. The van der Waals surface area contributed by atoms with E-state index in [-0.39, 0.29) is 22.5 Å². The van der Waals surface area contributed by atoms with Gasteiger partial charge < -0.3 is 14.2 Å². The zero-order chi connectivity index (χ0) is 30.2. The number of amides is 1. The summed E-state index contributed by atoms with van der Waals surface area (Å²) < 4.78 is 18.4. The molecule has 0 aliphatic heterocycles. The molecule has 218 valence electrons. The highest BCUT2D eigenvalue weighted by Crippen LogP contribution is 2.39. The van der Waals surface area contributed by atoms with Crippen molar-refractivity contribution in [3.05, 3.63) is 98.3 Å². The molecule has 1 aromatic heterocycles. The van der Waals surface area contributed by atoms with E-state index in [1.807, 2.05) is 51.1 Å². The van der Waals surface area contributed by atoms with Crippen LogP contribution in [0, 0.1) is 10.1 Å². The molecule has 3 aromatic carbocycles. The van der Waals surface area contributed by atoms with Gasteiger partial charge in [0.1, 0.15) is 0 Å². The van der Waals surface area contributed by atoms with Gasteiger partial charge in [-0.1, -0.05) is 30.3 Å². The van der Waals surface area contributed by atoms with Crippen LogP contribution in [0.3, 0.4) is 0 Å². The van der Waals surface area contributed by atoms with E-state index in [0.717, 1.165) is 0 Å². The van der Waals surface area contributed by atoms with Crippen LogP contribution in [0.4, 0.5) is 5.69 Å². The van der Waals surface area contributed by atoms with Crippen molar-refractivity contribution in [1.82, 2.24) is 15.2 Å². The number of carbonyl (C=O) groups excluding carboxylic acids is 1. The lowest BCUT2D eigenvalue weighted by atomic mass is 10.1. The second-order valence-electron chi connectivity index (χ2n) is 8.88.